The second kappa shape index (κ2) is 6.08. The van der Waals surface area contributed by atoms with E-state index < -0.39 is 0 Å². The van der Waals surface area contributed by atoms with Crippen molar-refractivity contribution in [1.82, 2.24) is 0 Å². The quantitative estimate of drug-likeness (QED) is 0.854. The highest BCUT2D eigenvalue weighted by Gasteiger charge is 2.25. The maximum absolute atomic E-state index is 12.6. The Labute approximate surface area is 128 Å². The molecule has 1 aliphatic rings. The van der Waals surface area contributed by atoms with Crippen LogP contribution in [0.15, 0.2) is 18.2 Å². The van der Waals surface area contributed by atoms with Crippen molar-refractivity contribution < 1.29 is 4.79 Å². The smallest absolute Gasteiger partial charge is 0.227 e. The van der Waals surface area contributed by atoms with E-state index in [0.717, 1.165) is 37.2 Å². The van der Waals surface area contributed by atoms with Gasteiger partial charge in [0.25, 0.3) is 0 Å². The summed E-state index contributed by atoms with van der Waals surface area (Å²) in [5, 5.41) is 0. The van der Waals surface area contributed by atoms with Crippen molar-refractivity contribution in [3.05, 3.63) is 23.8 Å². The van der Waals surface area contributed by atoms with Crippen LogP contribution in [-0.4, -0.2) is 12.5 Å². The van der Waals surface area contributed by atoms with E-state index in [1.807, 2.05) is 23.1 Å². The Balaban J connectivity index is 2.08. The number of anilines is 2. The molecule has 1 atom stereocenters. The summed E-state index contributed by atoms with van der Waals surface area (Å²) in [5.41, 5.74) is 9.17. The van der Waals surface area contributed by atoms with E-state index in [4.69, 9.17) is 5.73 Å². The molecule has 0 bridgehead atoms. The van der Waals surface area contributed by atoms with Gasteiger partial charge in [-0.2, -0.15) is 0 Å². The minimum Gasteiger partial charge on any atom is -0.399 e. The standard InChI is InChI=1S/C18H28N2O/c1-13(12-18(2,3)4)10-17(21)20-9-5-6-14-11-15(19)7-8-16(14)20/h7-8,11,13H,5-6,9-10,12,19H2,1-4H3. The first-order valence-electron chi connectivity index (χ1n) is 7.95. The number of amides is 1. The van der Waals surface area contributed by atoms with Crippen LogP contribution in [0.1, 0.15) is 52.5 Å². The van der Waals surface area contributed by atoms with Gasteiger partial charge >= 0.3 is 0 Å². The van der Waals surface area contributed by atoms with Crippen molar-refractivity contribution in [2.75, 3.05) is 17.2 Å². The average molecular weight is 288 g/mol. The van der Waals surface area contributed by atoms with Gasteiger partial charge in [-0.05, 0) is 54.4 Å². The molecule has 0 spiro atoms. The fraction of sp³-hybridized carbons (Fsp3) is 0.611. The number of nitrogens with zero attached hydrogens (tertiary/aromatic N) is 1. The van der Waals surface area contributed by atoms with Crippen LogP contribution in [0.25, 0.3) is 0 Å². The topological polar surface area (TPSA) is 46.3 Å². The lowest BCUT2D eigenvalue weighted by Crippen LogP contribution is -2.36. The SMILES string of the molecule is CC(CC(=O)N1CCCc2cc(N)ccc21)CC(C)(C)C. The zero-order valence-corrected chi connectivity index (χ0v) is 13.8. The van der Waals surface area contributed by atoms with Gasteiger partial charge in [0.15, 0.2) is 0 Å². The first-order valence-corrected chi connectivity index (χ1v) is 7.95. The first-order chi connectivity index (χ1) is 9.76. The molecule has 0 saturated carbocycles. The lowest BCUT2D eigenvalue weighted by molar-refractivity contribution is -0.119. The highest BCUT2D eigenvalue weighted by atomic mass is 16.2. The summed E-state index contributed by atoms with van der Waals surface area (Å²) in [6.07, 6.45) is 3.74. The molecule has 0 aliphatic carbocycles. The van der Waals surface area contributed by atoms with Crippen LogP contribution in [0.3, 0.4) is 0 Å². The monoisotopic (exact) mass is 288 g/mol. The summed E-state index contributed by atoms with van der Waals surface area (Å²) in [4.78, 5) is 14.6. The van der Waals surface area contributed by atoms with Gasteiger partial charge in [-0.3, -0.25) is 4.79 Å². The zero-order chi connectivity index (χ0) is 15.6. The maximum Gasteiger partial charge on any atom is 0.227 e. The van der Waals surface area contributed by atoms with Crippen LogP contribution in [0.5, 0.6) is 0 Å². The lowest BCUT2D eigenvalue weighted by atomic mass is 9.84. The van der Waals surface area contributed by atoms with E-state index in [2.05, 4.69) is 27.7 Å². The number of benzene rings is 1. The van der Waals surface area contributed by atoms with E-state index in [-0.39, 0.29) is 11.3 Å². The van der Waals surface area contributed by atoms with Gasteiger partial charge in [0, 0.05) is 24.3 Å². The van der Waals surface area contributed by atoms with Gasteiger partial charge < -0.3 is 10.6 Å². The van der Waals surface area contributed by atoms with Gasteiger partial charge in [-0.15, -0.1) is 0 Å². The molecular weight excluding hydrogens is 260 g/mol. The van der Waals surface area contributed by atoms with E-state index in [0.29, 0.717) is 12.3 Å². The van der Waals surface area contributed by atoms with Gasteiger partial charge in [0.2, 0.25) is 5.91 Å². The predicted molar refractivity (Wildman–Crippen MR) is 89.4 cm³/mol. The Morgan fingerprint density at radius 3 is 2.76 bits per heavy atom. The molecule has 1 heterocycles. The first kappa shape index (κ1) is 15.9. The summed E-state index contributed by atoms with van der Waals surface area (Å²) in [5.74, 6) is 0.661. The molecule has 2 N–H and O–H groups in total. The highest BCUT2D eigenvalue weighted by molar-refractivity contribution is 5.95. The second-order valence-corrected chi connectivity index (χ2v) is 7.61. The number of nitrogen functional groups attached to an aromatic ring is 1. The average Bonchev–Trinajstić information content (AvgIpc) is 2.35. The van der Waals surface area contributed by atoms with Gasteiger partial charge in [0.1, 0.15) is 0 Å². The molecule has 1 amide bonds. The molecule has 3 heteroatoms. The molecule has 0 saturated heterocycles. The van der Waals surface area contributed by atoms with Gasteiger partial charge in [0.05, 0.1) is 0 Å². The molecule has 1 aromatic rings. The minimum absolute atomic E-state index is 0.248. The Morgan fingerprint density at radius 2 is 2.10 bits per heavy atom. The summed E-state index contributed by atoms with van der Waals surface area (Å²) in [7, 11) is 0. The molecule has 1 aliphatic heterocycles. The fourth-order valence-electron chi connectivity index (χ4n) is 3.40. The molecule has 0 fully saturated rings. The molecule has 1 unspecified atom stereocenters. The zero-order valence-electron chi connectivity index (χ0n) is 13.8. The summed E-state index contributed by atoms with van der Waals surface area (Å²) >= 11 is 0. The number of rotatable bonds is 3. The molecular formula is C18H28N2O. The molecule has 0 aromatic heterocycles. The van der Waals surface area contributed by atoms with E-state index in [1.165, 1.54) is 5.56 Å². The van der Waals surface area contributed by atoms with Crippen molar-refractivity contribution in [3.8, 4) is 0 Å². The number of fused-ring (bicyclic) bond motifs is 1. The predicted octanol–water partition coefficient (Wildman–Crippen LogP) is 4.01. The van der Waals surface area contributed by atoms with Crippen LogP contribution in [0.4, 0.5) is 11.4 Å². The van der Waals surface area contributed by atoms with Crippen LogP contribution in [0.2, 0.25) is 0 Å². The normalized spacial score (nSPS) is 16.5. The van der Waals surface area contributed by atoms with Crippen LogP contribution >= 0.6 is 0 Å². The molecule has 3 nitrogen and oxygen atoms in total. The molecule has 2 rings (SSSR count). The van der Waals surface area contributed by atoms with Crippen molar-refractivity contribution in [1.29, 1.82) is 0 Å². The Kier molecular flexibility index (Phi) is 4.60. The fourth-order valence-corrected chi connectivity index (χ4v) is 3.40. The van der Waals surface area contributed by atoms with E-state index in [9.17, 15) is 4.79 Å². The third-order valence-corrected chi connectivity index (χ3v) is 4.01. The molecule has 21 heavy (non-hydrogen) atoms. The van der Waals surface area contributed by atoms with Crippen LogP contribution < -0.4 is 10.6 Å². The van der Waals surface area contributed by atoms with Crippen molar-refractivity contribution in [2.24, 2.45) is 11.3 Å². The number of carbonyl (C=O) groups excluding carboxylic acids is 1. The van der Waals surface area contributed by atoms with Crippen LogP contribution in [0, 0.1) is 11.3 Å². The number of hydrogen-bond donors (Lipinski definition) is 1. The van der Waals surface area contributed by atoms with Crippen molar-refractivity contribution in [2.45, 2.75) is 53.4 Å². The van der Waals surface area contributed by atoms with E-state index >= 15 is 0 Å². The molecule has 116 valence electrons. The Morgan fingerprint density at radius 1 is 1.38 bits per heavy atom. The highest BCUT2D eigenvalue weighted by Crippen LogP contribution is 2.31. The molecule has 1 aromatic carbocycles. The van der Waals surface area contributed by atoms with Crippen molar-refractivity contribution in [3.63, 3.8) is 0 Å². The van der Waals surface area contributed by atoms with Gasteiger partial charge in [-0.25, -0.2) is 0 Å². The van der Waals surface area contributed by atoms with Crippen molar-refractivity contribution >= 4 is 17.3 Å². The van der Waals surface area contributed by atoms with Gasteiger partial charge in [-0.1, -0.05) is 27.7 Å². The number of carbonyl (C=O) groups is 1. The Bertz CT molecular complexity index is 516. The summed E-state index contributed by atoms with van der Waals surface area (Å²) < 4.78 is 0. The third-order valence-electron chi connectivity index (χ3n) is 4.01. The Hall–Kier alpha value is -1.51. The minimum atomic E-state index is 0.248. The summed E-state index contributed by atoms with van der Waals surface area (Å²) in [6.45, 7) is 9.70. The third kappa shape index (κ3) is 4.23. The molecule has 0 radical (unpaired) electrons. The summed E-state index contributed by atoms with van der Waals surface area (Å²) in [6, 6.07) is 5.90. The number of nitrogens with two attached hydrogens (primary N) is 1. The maximum atomic E-state index is 12.6. The largest absolute Gasteiger partial charge is 0.399 e. The second-order valence-electron chi connectivity index (χ2n) is 7.61. The van der Waals surface area contributed by atoms with Crippen LogP contribution in [-0.2, 0) is 11.2 Å². The number of hydrogen-bond acceptors (Lipinski definition) is 2. The van der Waals surface area contributed by atoms with E-state index in [1.54, 1.807) is 0 Å². The lowest BCUT2D eigenvalue weighted by Gasteiger charge is -2.31. The number of aryl methyl sites for hydroxylation is 1.